The van der Waals surface area contributed by atoms with Crippen molar-refractivity contribution in [2.75, 3.05) is 11.9 Å². The third kappa shape index (κ3) is 3.91. The molecule has 2 N–H and O–H groups in total. The number of aromatic amines is 1. The SMILES string of the molecule is Cc1cccc(NC(=O)COc2ccc([C@H]3c4sc(=O)[nH]c4SC4C5CCC(C5)C43)cc2)c1. The van der Waals surface area contributed by atoms with E-state index in [1.54, 1.807) is 0 Å². The van der Waals surface area contributed by atoms with Crippen molar-refractivity contribution in [2.24, 2.45) is 17.8 Å². The van der Waals surface area contributed by atoms with Gasteiger partial charge in [-0.1, -0.05) is 35.6 Å². The Morgan fingerprint density at radius 1 is 1.15 bits per heavy atom. The molecule has 1 aromatic heterocycles. The summed E-state index contributed by atoms with van der Waals surface area (Å²) < 4.78 is 5.75. The van der Waals surface area contributed by atoms with E-state index in [-0.39, 0.29) is 23.3 Å². The maximum Gasteiger partial charge on any atom is 0.305 e. The maximum absolute atomic E-state index is 12.3. The van der Waals surface area contributed by atoms with Crippen LogP contribution < -0.4 is 14.9 Å². The van der Waals surface area contributed by atoms with Crippen molar-refractivity contribution in [3.8, 4) is 5.75 Å². The molecule has 4 unspecified atom stereocenters. The fraction of sp³-hybridized carbons (Fsp3) is 0.385. The van der Waals surface area contributed by atoms with E-state index in [4.69, 9.17) is 4.74 Å². The molecule has 5 nitrogen and oxygen atoms in total. The molecule has 2 fully saturated rings. The number of amides is 1. The molecule has 3 aliphatic rings. The first-order valence-electron chi connectivity index (χ1n) is 11.5. The van der Waals surface area contributed by atoms with Gasteiger partial charge in [0.05, 0.1) is 5.03 Å². The largest absolute Gasteiger partial charge is 0.484 e. The lowest BCUT2D eigenvalue weighted by Gasteiger charge is -2.40. The van der Waals surface area contributed by atoms with Crippen molar-refractivity contribution in [1.29, 1.82) is 0 Å². The van der Waals surface area contributed by atoms with Crippen LogP contribution in [-0.2, 0) is 4.79 Å². The average Bonchev–Trinajstić information content (AvgIpc) is 3.51. The molecular formula is C26H26N2O3S2. The monoisotopic (exact) mass is 478 g/mol. The van der Waals surface area contributed by atoms with Crippen molar-refractivity contribution in [2.45, 2.75) is 42.4 Å². The van der Waals surface area contributed by atoms with Crippen LogP contribution in [0, 0.1) is 24.7 Å². The number of aryl methyl sites for hydroxylation is 1. The van der Waals surface area contributed by atoms with Crippen molar-refractivity contribution in [3.05, 3.63) is 74.2 Å². The second-order valence-corrected chi connectivity index (χ2v) is 11.7. The molecule has 0 saturated heterocycles. The highest BCUT2D eigenvalue weighted by Gasteiger charge is 2.54. The molecule has 3 aromatic rings. The molecule has 5 atom stereocenters. The van der Waals surface area contributed by atoms with E-state index in [0.717, 1.165) is 28.1 Å². The molecule has 2 heterocycles. The topological polar surface area (TPSA) is 71.2 Å². The molecule has 6 rings (SSSR count). The van der Waals surface area contributed by atoms with Crippen molar-refractivity contribution in [3.63, 3.8) is 0 Å². The lowest BCUT2D eigenvalue weighted by molar-refractivity contribution is -0.118. The highest BCUT2D eigenvalue weighted by Crippen LogP contribution is 2.63. The van der Waals surface area contributed by atoms with E-state index in [1.165, 1.54) is 41.0 Å². The number of thiazole rings is 1. The minimum absolute atomic E-state index is 0.0363. The van der Waals surface area contributed by atoms with Crippen LogP contribution in [0.5, 0.6) is 5.75 Å². The zero-order chi connectivity index (χ0) is 22.5. The first-order valence-corrected chi connectivity index (χ1v) is 13.2. The molecule has 0 radical (unpaired) electrons. The van der Waals surface area contributed by atoms with Gasteiger partial charge in [0.1, 0.15) is 5.75 Å². The van der Waals surface area contributed by atoms with Crippen molar-refractivity contribution in [1.82, 2.24) is 4.98 Å². The maximum atomic E-state index is 12.3. The summed E-state index contributed by atoms with van der Waals surface area (Å²) in [6.45, 7) is 1.96. The third-order valence-corrected chi connectivity index (χ3v) is 10.0. The molecule has 7 heteroatoms. The van der Waals surface area contributed by atoms with Crippen molar-refractivity contribution < 1.29 is 9.53 Å². The Balaban J connectivity index is 1.18. The normalized spacial score (nSPS) is 27.1. The number of thioether (sulfide) groups is 1. The Bertz CT molecular complexity index is 1250. The van der Waals surface area contributed by atoms with Gasteiger partial charge < -0.3 is 15.0 Å². The Labute approximate surface area is 201 Å². The fourth-order valence-electron chi connectivity index (χ4n) is 6.06. The van der Waals surface area contributed by atoms with E-state index < -0.39 is 0 Å². The number of aromatic nitrogens is 1. The van der Waals surface area contributed by atoms with Crippen LogP contribution >= 0.6 is 23.1 Å². The van der Waals surface area contributed by atoms with E-state index in [0.29, 0.717) is 16.9 Å². The van der Waals surface area contributed by atoms with Crippen LogP contribution in [0.4, 0.5) is 5.69 Å². The number of anilines is 1. The van der Waals surface area contributed by atoms with Gasteiger partial charge in [0.2, 0.25) is 0 Å². The Kier molecular flexibility index (Phi) is 5.34. The number of carbonyl (C=O) groups is 1. The third-order valence-electron chi connectivity index (χ3n) is 7.38. The summed E-state index contributed by atoms with van der Waals surface area (Å²) >= 11 is 3.29. The van der Waals surface area contributed by atoms with Gasteiger partial charge in [0.15, 0.2) is 6.61 Å². The molecule has 2 bridgehead atoms. The second-order valence-electron chi connectivity index (χ2n) is 9.45. The highest BCUT2D eigenvalue weighted by atomic mass is 32.2. The Hall–Kier alpha value is -2.51. The minimum Gasteiger partial charge on any atom is -0.484 e. The van der Waals surface area contributed by atoms with E-state index in [2.05, 4.69) is 22.4 Å². The lowest BCUT2D eigenvalue weighted by Crippen LogP contribution is -2.33. The fourth-order valence-corrected chi connectivity index (χ4v) is 8.96. The molecular weight excluding hydrogens is 452 g/mol. The highest BCUT2D eigenvalue weighted by molar-refractivity contribution is 8.00. The van der Waals surface area contributed by atoms with E-state index in [9.17, 15) is 9.59 Å². The molecule has 2 aromatic carbocycles. The number of hydrogen-bond donors (Lipinski definition) is 2. The molecule has 0 spiro atoms. The van der Waals surface area contributed by atoms with Crippen LogP contribution in [-0.4, -0.2) is 22.7 Å². The smallest absolute Gasteiger partial charge is 0.305 e. The quantitative estimate of drug-likeness (QED) is 0.514. The van der Waals surface area contributed by atoms with E-state index >= 15 is 0 Å². The van der Waals surface area contributed by atoms with Crippen LogP contribution in [0.3, 0.4) is 0 Å². The average molecular weight is 479 g/mol. The summed E-state index contributed by atoms with van der Waals surface area (Å²) in [6, 6.07) is 15.9. The lowest BCUT2D eigenvalue weighted by atomic mass is 9.75. The number of H-pyrrole nitrogens is 1. The summed E-state index contributed by atoms with van der Waals surface area (Å²) in [5.41, 5.74) is 3.11. The van der Waals surface area contributed by atoms with Crippen LogP contribution in [0.2, 0.25) is 0 Å². The molecule has 2 aliphatic carbocycles. The predicted octanol–water partition coefficient (Wildman–Crippen LogP) is 5.41. The van der Waals surface area contributed by atoms with Gasteiger partial charge in [-0.15, -0.1) is 11.8 Å². The van der Waals surface area contributed by atoms with Crippen LogP contribution in [0.1, 0.15) is 41.2 Å². The van der Waals surface area contributed by atoms with Crippen molar-refractivity contribution >= 4 is 34.7 Å². The van der Waals surface area contributed by atoms with Gasteiger partial charge in [0.25, 0.3) is 5.91 Å². The number of benzene rings is 2. The number of carbonyl (C=O) groups excluding carboxylic acids is 1. The number of ether oxygens (including phenoxy) is 1. The summed E-state index contributed by atoms with van der Waals surface area (Å²) in [5.74, 6) is 2.89. The summed E-state index contributed by atoms with van der Waals surface area (Å²) in [4.78, 5) is 28.8. The summed E-state index contributed by atoms with van der Waals surface area (Å²) in [7, 11) is 0. The molecule has 2 saturated carbocycles. The first kappa shape index (κ1) is 21.1. The Morgan fingerprint density at radius 2 is 1.97 bits per heavy atom. The van der Waals surface area contributed by atoms with Gasteiger partial charge in [-0.25, -0.2) is 0 Å². The molecule has 170 valence electrons. The second kappa shape index (κ2) is 8.37. The summed E-state index contributed by atoms with van der Waals surface area (Å²) in [5, 5.41) is 4.56. The number of nitrogens with one attached hydrogen (secondary N) is 2. The number of hydrogen-bond acceptors (Lipinski definition) is 5. The summed E-state index contributed by atoms with van der Waals surface area (Å²) in [6.07, 6.45) is 3.97. The number of fused-ring (bicyclic) bond motifs is 6. The Morgan fingerprint density at radius 3 is 2.79 bits per heavy atom. The minimum atomic E-state index is -0.180. The van der Waals surface area contributed by atoms with Gasteiger partial charge in [-0.3, -0.25) is 9.59 Å². The van der Waals surface area contributed by atoms with Gasteiger partial charge in [-0.05, 0) is 79.3 Å². The van der Waals surface area contributed by atoms with Gasteiger partial charge >= 0.3 is 4.87 Å². The number of rotatable bonds is 5. The van der Waals surface area contributed by atoms with Crippen LogP contribution in [0.15, 0.2) is 58.4 Å². The molecule has 33 heavy (non-hydrogen) atoms. The molecule has 1 aliphatic heterocycles. The molecule has 1 amide bonds. The van der Waals surface area contributed by atoms with Gasteiger partial charge in [0, 0.05) is 21.7 Å². The first-order chi connectivity index (χ1) is 16.0. The standard InChI is InChI=1S/C26H26N2O3S2/c1-14-3-2-4-18(11-14)27-20(29)13-31-19-9-7-15(8-10-19)21-22-16-5-6-17(12-16)23(22)32-25-24(21)33-26(30)28-25/h2-4,7-11,16-17,21-23H,5-6,12-13H2,1H3,(H,27,29)(H,28,30)/t16?,17?,21-,22?,23?/m1/s1. The van der Waals surface area contributed by atoms with E-state index in [1.807, 2.05) is 55.1 Å². The zero-order valence-corrected chi connectivity index (χ0v) is 20.0. The van der Waals surface area contributed by atoms with Crippen LogP contribution in [0.25, 0.3) is 0 Å². The predicted molar refractivity (Wildman–Crippen MR) is 132 cm³/mol. The zero-order valence-electron chi connectivity index (χ0n) is 18.4. The van der Waals surface area contributed by atoms with Gasteiger partial charge in [-0.2, -0.15) is 0 Å².